The van der Waals surface area contributed by atoms with Gasteiger partial charge in [0.15, 0.2) is 6.10 Å². The predicted octanol–water partition coefficient (Wildman–Crippen LogP) is 1.68. The third-order valence-corrected chi connectivity index (χ3v) is 4.63. The smallest absolute Gasteiger partial charge is 0.307 e. The summed E-state index contributed by atoms with van der Waals surface area (Å²) in [5, 5.41) is 3.09. The summed E-state index contributed by atoms with van der Waals surface area (Å²) in [6.45, 7) is 4.84. The molecule has 1 aromatic carbocycles. The Bertz CT molecular complexity index is 747. The van der Waals surface area contributed by atoms with E-state index in [1.54, 1.807) is 34.1 Å². The highest BCUT2D eigenvalue weighted by molar-refractivity contribution is 6.30. The molecule has 0 bridgehead atoms. The number of anilines is 1. The van der Waals surface area contributed by atoms with E-state index in [1.807, 2.05) is 0 Å². The molecule has 0 radical (unpaired) electrons. The molecule has 0 aromatic heterocycles. The molecule has 0 saturated carbocycles. The van der Waals surface area contributed by atoms with Gasteiger partial charge in [-0.05, 0) is 25.1 Å². The quantitative estimate of drug-likeness (QED) is 0.721. The van der Waals surface area contributed by atoms with Crippen molar-refractivity contribution in [3.8, 4) is 0 Å². The van der Waals surface area contributed by atoms with Crippen LogP contribution in [0.4, 0.5) is 5.69 Å². The average Bonchev–Trinajstić information content (AvgIpc) is 2.66. The molecule has 1 heterocycles. The molecule has 3 amide bonds. The number of hydrogen-bond donors (Lipinski definition) is 1. The zero-order chi connectivity index (χ0) is 20.7. The van der Waals surface area contributed by atoms with Crippen molar-refractivity contribution in [3.05, 3.63) is 29.3 Å². The van der Waals surface area contributed by atoms with Crippen molar-refractivity contribution in [2.45, 2.75) is 32.8 Å². The lowest BCUT2D eigenvalue weighted by Crippen LogP contribution is -2.50. The van der Waals surface area contributed by atoms with Crippen LogP contribution in [0.25, 0.3) is 0 Å². The maximum atomic E-state index is 12.2. The first kappa shape index (κ1) is 21.7. The van der Waals surface area contributed by atoms with Crippen molar-refractivity contribution in [1.29, 1.82) is 0 Å². The third-order valence-electron chi connectivity index (χ3n) is 4.39. The minimum Gasteiger partial charge on any atom is -0.453 e. The first-order chi connectivity index (χ1) is 13.3. The van der Waals surface area contributed by atoms with Gasteiger partial charge < -0.3 is 19.9 Å². The van der Waals surface area contributed by atoms with Crippen LogP contribution in [0.1, 0.15) is 26.7 Å². The van der Waals surface area contributed by atoms with Gasteiger partial charge in [-0.1, -0.05) is 17.7 Å². The lowest BCUT2D eigenvalue weighted by Gasteiger charge is -2.34. The summed E-state index contributed by atoms with van der Waals surface area (Å²) in [6.07, 6.45) is -1.11. The molecule has 1 aromatic rings. The van der Waals surface area contributed by atoms with Gasteiger partial charge in [-0.15, -0.1) is 0 Å². The summed E-state index contributed by atoms with van der Waals surface area (Å²) in [5.74, 6) is -1.29. The van der Waals surface area contributed by atoms with Crippen molar-refractivity contribution in [2.75, 3.05) is 31.5 Å². The summed E-state index contributed by atoms with van der Waals surface area (Å²) in [6, 6.07) is 6.62. The summed E-state index contributed by atoms with van der Waals surface area (Å²) in [4.78, 5) is 50.8. The van der Waals surface area contributed by atoms with Gasteiger partial charge >= 0.3 is 5.97 Å². The van der Waals surface area contributed by atoms with Gasteiger partial charge in [-0.2, -0.15) is 0 Å². The first-order valence-corrected chi connectivity index (χ1v) is 9.43. The third kappa shape index (κ3) is 6.53. The normalized spacial score (nSPS) is 15.0. The number of piperazine rings is 1. The Morgan fingerprint density at radius 3 is 2.36 bits per heavy atom. The van der Waals surface area contributed by atoms with Crippen LogP contribution in [0.15, 0.2) is 24.3 Å². The maximum absolute atomic E-state index is 12.2. The molecule has 1 atom stereocenters. The van der Waals surface area contributed by atoms with Crippen LogP contribution in [0.5, 0.6) is 0 Å². The van der Waals surface area contributed by atoms with Gasteiger partial charge in [0, 0.05) is 50.2 Å². The monoisotopic (exact) mass is 409 g/mol. The van der Waals surface area contributed by atoms with E-state index in [1.165, 1.54) is 13.8 Å². The van der Waals surface area contributed by atoms with Crippen molar-refractivity contribution in [3.63, 3.8) is 0 Å². The van der Waals surface area contributed by atoms with Crippen molar-refractivity contribution < 1.29 is 23.9 Å². The zero-order valence-corrected chi connectivity index (χ0v) is 16.7. The number of rotatable bonds is 6. The molecule has 152 valence electrons. The maximum Gasteiger partial charge on any atom is 0.307 e. The van der Waals surface area contributed by atoms with E-state index in [-0.39, 0.29) is 24.7 Å². The number of carbonyl (C=O) groups excluding carboxylic acids is 4. The number of benzene rings is 1. The molecular formula is C19H24ClN3O5. The summed E-state index contributed by atoms with van der Waals surface area (Å²) >= 11 is 5.86. The molecule has 0 unspecified atom stereocenters. The molecule has 1 aliphatic heterocycles. The van der Waals surface area contributed by atoms with Crippen LogP contribution in [0.2, 0.25) is 5.02 Å². The molecule has 1 saturated heterocycles. The Balaban J connectivity index is 1.72. The van der Waals surface area contributed by atoms with Crippen molar-refractivity contribution in [1.82, 2.24) is 9.80 Å². The SMILES string of the molecule is CC(=O)N1CCN(C(=O)CCC(=O)O[C@@H](C)C(=O)Nc2cccc(Cl)c2)CC1. The lowest BCUT2D eigenvalue weighted by molar-refractivity contribution is -0.154. The fourth-order valence-corrected chi connectivity index (χ4v) is 2.95. The fourth-order valence-electron chi connectivity index (χ4n) is 2.76. The number of hydrogen-bond acceptors (Lipinski definition) is 5. The van der Waals surface area contributed by atoms with Crippen LogP contribution in [-0.2, 0) is 23.9 Å². The molecule has 8 nitrogen and oxygen atoms in total. The Labute approximate surface area is 168 Å². The molecule has 1 aliphatic rings. The van der Waals surface area contributed by atoms with Gasteiger partial charge in [-0.25, -0.2) is 0 Å². The highest BCUT2D eigenvalue weighted by Crippen LogP contribution is 2.15. The second-order valence-electron chi connectivity index (χ2n) is 6.52. The van der Waals surface area contributed by atoms with Crippen LogP contribution in [0, 0.1) is 0 Å². The molecule has 1 fully saturated rings. The van der Waals surface area contributed by atoms with Crippen LogP contribution >= 0.6 is 11.6 Å². The minimum atomic E-state index is -0.999. The van der Waals surface area contributed by atoms with Gasteiger partial charge in [0.2, 0.25) is 11.8 Å². The highest BCUT2D eigenvalue weighted by Gasteiger charge is 2.24. The fraction of sp³-hybridized carbons (Fsp3) is 0.474. The molecule has 28 heavy (non-hydrogen) atoms. The van der Waals surface area contributed by atoms with Gasteiger partial charge in [0.05, 0.1) is 6.42 Å². The lowest BCUT2D eigenvalue weighted by atomic mass is 10.2. The molecule has 9 heteroatoms. The Kier molecular flexibility index (Phi) is 7.80. The molecular weight excluding hydrogens is 386 g/mol. The second kappa shape index (κ2) is 10.1. The number of halogens is 1. The Morgan fingerprint density at radius 2 is 1.75 bits per heavy atom. The molecule has 1 N–H and O–H groups in total. The van der Waals surface area contributed by atoms with E-state index in [2.05, 4.69) is 5.32 Å². The molecule has 2 rings (SSSR count). The summed E-state index contributed by atoms with van der Waals surface area (Å²) in [5.41, 5.74) is 0.500. The van der Waals surface area contributed by atoms with E-state index < -0.39 is 18.0 Å². The summed E-state index contributed by atoms with van der Waals surface area (Å²) < 4.78 is 5.09. The number of nitrogens with zero attached hydrogens (tertiary/aromatic N) is 2. The zero-order valence-electron chi connectivity index (χ0n) is 15.9. The number of esters is 1. The first-order valence-electron chi connectivity index (χ1n) is 9.05. The Morgan fingerprint density at radius 1 is 1.11 bits per heavy atom. The van der Waals surface area contributed by atoms with Crippen LogP contribution in [0.3, 0.4) is 0 Å². The largest absolute Gasteiger partial charge is 0.453 e. The van der Waals surface area contributed by atoms with Gasteiger partial charge in [0.1, 0.15) is 0 Å². The van der Waals surface area contributed by atoms with Crippen LogP contribution < -0.4 is 5.32 Å². The minimum absolute atomic E-state index is 0.00152. The Hall–Kier alpha value is -2.61. The second-order valence-corrected chi connectivity index (χ2v) is 6.95. The number of nitrogens with one attached hydrogen (secondary N) is 1. The standard InChI is InChI=1S/C19H24ClN3O5/c1-13(19(27)21-16-5-3-4-15(20)12-16)28-18(26)7-6-17(25)23-10-8-22(9-11-23)14(2)24/h3-5,12-13H,6-11H2,1-2H3,(H,21,27)/t13-/m0/s1. The predicted molar refractivity (Wildman–Crippen MR) is 104 cm³/mol. The van der Waals surface area contributed by atoms with Gasteiger partial charge in [-0.3, -0.25) is 19.2 Å². The van der Waals surface area contributed by atoms with E-state index in [9.17, 15) is 19.2 Å². The average molecular weight is 410 g/mol. The molecule has 0 aliphatic carbocycles. The number of carbonyl (C=O) groups is 4. The van der Waals surface area contributed by atoms with E-state index in [4.69, 9.17) is 16.3 Å². The van der Waals surface area contributed by atoms with Crippen molar-refractivity contribution in [2.24, 2.45) is 0 Å². The number of amides is 3. The number of ether oxygens (including phenoxy) is 1. The topological polar surface area (TPSA) is 96.0 Å². The van der Waals surface area contributed by atoms with E-state index >= 15 is 0 Å². The summed E-state index contributed by atoms with van der Waals surface area (Å²) in [7, 11) is 0. The van der Waals surface area contributed by atoms with Crippen LogP contribution in [-0.4, -0.2) is 65.8 Å². The van der Waals surface area contributed by atoms with E-state index in [0.717, 1.165) is 0 Å². The van der Waals surface area contributed by atoms with E-state index in [0.29, 0.717) is 36.9 Å². The molecule has 0 spiro atoms. The highest BCUT2D eigenvalue weighted by atomic mass is 35.5. The van der Waals surface area contributed by atoms with Gasteiger partial charge in [0.25, 0.3) is 5.91 Å². The van der Waals surface area contributed by atoms with Crippen molar-refractivity contribution >= 4 is 41.0 Å².